The molecule has 1 amide bonds. The molecule has 0 aliphatic carbocycles. The first-order valence-electron chi connectivity index (χ1n) is 12.2. The summed E-state index contributed by atoms with van der Waals surface area (Å²) >= 11 is 0. The highest BCUT2D eigenvalue weighted by Gasteiger charge is 2.22. The maximum Gasteiger partial charge on any atom is 0.264 e. The Hall–Kier alpha value is -4.74. The number of para-hydroxylation sites is 1. The van der Waals surface area contributed by atoms with Gasteiger partial charge in [0.2, 0.25) is 0 Å². The normalized spacial score (nSPS) is 13.7. The summed E-state index contributed by atoms with van der Waals surface area (Å²) in [5, 5.41) is 14.6. The summed E-state index contributed by atoms with van der Waals surface area (Å²) in [6.45, 7) is 2.13. The number of morpholine rings is 1. The minimum Gasteiger partial charge on any atom is -0.489 e. The Balaban J connectivity index is 1.44. The van der Waals surface area contributed by atoms with Crippen molar-refractivity contribution in [3.63, 3.8) is 0 Å². The molecule has 0 bridgehead atoms. The van der Waals surface area contributed by atoms with Gasteiger partial charge in [-0.05, 0) is 60.2 Å². The highest BCUT2D eigenvalue weighted by molar-refractivity contribution is 6.02. The molecule has 0 N–H and O–H groups in total. The summed E-state index contributed by atoms with van der Waals surface area (Å²) in [6.07, 6.45) is 3.41. The first-order chi connectivity index (χ1) is 18.6. The van der Waals surface area contributed by atoms with Crippen molar-refractivity contribution < 1.29 is 18.7 Å². The molecule has 5 rings (SSSR count). The molecule has 1 saturated heterocycles. The molecule has 0 radical (unpaired) electrons. The van der Waals surface area contributed by atoms with E-state index in [2.05, 4.69) is 6.07 Å². The molecule has 1 aliphatic heterocycles. The van der Waals surface area contributed by atoms with E-state index >= 15 is 0 Å². The van der Waals surface area contributed by atoms with Gasteiger partial charge in [0.15, 0.2) is 0 Å². The van der Waals surface area contributed by atoms with Crippen LogP contribution in [0.5, 0.6) is 5.75 Å². The van der Waals surface area contributed by atoms with Gasteiger partial charge in [0, 0.05) is 30.4 Å². The van der Waals surface area contributed by atoms with Crippen molar-refractivity contribution in [1.29, 1.82) is 5.26 Å². The highest BCUT2D eigenvalue weighted by atomic mass is 19.1. The Morgan fingerprint density at radius 2 is 1.74 bits per heavy atom. The molecule has 8 heteroatoms. The summed E-state index contributed by atoms with van der Waals surface area (Å²) in [5.41, 5.74) is 3.83. The van der Waals surface area contributed by atoms with Gasteiger partial charge < -0.3 is 14.4 Å². The number of rotatable bonds is 7. The number of hydrogen-bond donors (Lipinski definition) is 0. The fourth-order valence-electron chi connectivity index (χ4n) is 4.12. The van der Waals surface area contributed by atoms with Gasteiger partial charge in [0.05, 0.1) is 24.6 Å². The van der Waals surface area contributed by atoms with Crippen LogP contribution in [0, 0.1) is 17.1 Å². The molecular formula is C30H25FN4O3. The number of carbonyl (C=O) groups excluding carboxylic acids is 1. The van der Waals surface area contributed by atoms with E-state index in [0.29, 0.717) is 49.9 Å². The van der Waals surface area contributed by atoms with E-state index in [1.807, 2.05) is 60.8 Å². The number of halogens is 1. The molecule has 38 heavy (non-hydrogen) atoms. The molecule has 190 valence electrons. The van der Waals surface area contributed by atoms with Crippen molar-refractivity contribution >= 4 is 12.0 Å². The number of nitriles is 1. The van der Waals surface area contributed by atoms with Crippen molar-refractivity contribution in [2.24, 2.45) is 0 Å². The fraction of sp³-hybridized carbons (Fsp3) is 0.167. The fourth-order valence-corrected chi connectivity index (χ4v) is 4.12. The predicted octanol–water partition coefficient (Wildman–Crippen LogP) is 5.02. The van der Waals surface area contributed by atoms with Crippen LogP contribution in [-0.4, -0.2) is 46.9 Å². The lowest BCUT2D eigenvalue weighted by Crippen LogP contribution is -2.41. The monoisotopic (exact) mass is 508 g/mol. The van der Waals surface area contributed by atoms with Crippen LogP contribution in [-0.2, 0) is 16.1 Å². The van der Waals surface area contributed by atoms with E-state index in [1.165, 1.54) is 12.1 Å². The summed E-state index contributed by atoms with van der Waals surface area (Å²) < 4.78 is 26.1. The summed E-state index contributed by atoms with van der Waals surface area (Å²) in [6, 6.07) is 25.3. The number of hydrogen-bond acceptors (Lipinski definition) is 5. The smallest absolute Gasteiger partial charge is 0.264 e. The molecule has 3 aromatic carbocycles. The van der Waals surface area contributed by atoms with Crippen molar-refractivity contribution in [3.05, 3.63) is 108 Å². The van der Waals surface area contributed by atoms with Crippen LogP contribution < -0.4 is 4.74 Å². The lowest BCUT2D eigenvalue weighted by atomic mass is 10.1. The van der Waals surface area contributed by atoms with E-state index in [4.69, 9.17) is 14.6 Å². The minimum atomic E-state index is -0.321. The topological polar surface area (TPSA) is 80.4 Å². The van der Waals surface area contributed by atoms with E-state index in [-0.39, 0.29) is 17.3 Å². The summed E-state index contributed by atoms with van der Waals surface area (Å²) in [5.74, 6) is 0.0423. The Morgan fingerprint density at radius 3 is 2.42 bits per heavy atom. The van der Waals surface area contributed by atoms with Gasteiger partial charge in [-0.3, -0.25) is 4.79 Å². The Bertz CT molecular complexity index is 1470. The zero-order valence-electron chi connectivity index (χ0n) is 20.6. The highest BCUT2D eigenvalue weighted by Crippen LogP contribution is 2.28. The third-order valence-electron chi connectivity index (χ3n) is 6.16. The van der Waals surface area contributed by atoms with Crippen LogP contribution in [0.1, 0.15) is 11.1 Å². The summed E-state index contributed by atoms with van der Waals surface area (Å²) in [4.78, 5) is 14.7. The van der Waals surface area contributed by atoms with Crippen molar-refractivity contribution in [1.82, 2.24) is 14.7 Å². The van der Waals surface area contributed by atoms with Gasteiger partial charge in [-0.2, -0.15) is 10.4 Å². The van der Waals surface area contributed by atoms with Crippen LogP contribution in [0.3, 0.4) is 0 Å². The molecule has 1 fully saturated rings. The molecule has 2 heterocycles. The lowest BCUT2D eigenvalue weighted by Gasteiger charge is -2.26. The molecule has 0 saturated carbocycles. The first-order valence-corrected chi connectivity index (χ1v) is 12.2. The molecule has 1 aromatic heterocycles. The minimum absolute atomic E-state index is 0.0417. The molecule has 0 spiro atoms. The Labute approximate surface area is 220 Å². The molecular weight excluding hydrogens is 483 g/mol. The van der Waals surface area contributed by atoms with Gasteiger partial charge in [0.25, 0.3) is 5.91 Å². The number of carbonyl (C=O) groups is 1. The maximum atomic E-state index is 13.1. The lowest BCUT2D eigenvalue weighted by molar-refractivity contribution is -0.130. The van der Waals surface area contributed by atoms with Crippen LogP contribution in [0.4, 0.5) is 4.39 Å². The number of amides is 1. The largest absolute Gasteiger partial charge is 0.489 e. The van der Waals surface area contributed by atoms with Gasteiger partial charge >= 0.3 is 0 Å². The first kappa shape index (κ1) is 24.9. The van der Waals surface area contributed by atoms with E-state index < -0.39 is 0 Å². The quantitative estimate of drug-likeness (QED) is 0.259. The van der Waals surface area contributed by atoms with Crippen molar-refractivity contribution in [3.8, 4) is 28.8 Å². The zero-order chi connectivity index (χ0) is 26.3. The average Bonchev–Trinajstić information content (AvgIpc) is 3.40. The van der Waals surface area contributed by atoms with Gasteiger partial charge in [-0.25, -0.2) is 9.07 Å². The molecule has 0 atom stereocenters. The van der Waals surface area contributed by atoms with Gasteiger partial charge in [-0.15, -0.1) is 0 Å². The van der Waals surface area contributed by atoms with E-state index in [1.54, 1.807) is 27.8 Å². The summed E-state index contributed by atoms with van der Waals surface area (Å²) in [7, 11) is 0. The molecule has 4 aromatic rings. The second-order valence-electron chi connectivity index (χ2n) is 8.73. The Kier molecular flexibility index (Phi) is 7.57. The standard InChI is InChI=1S/C30H25FN4O3/c31-26-10-6-22(7-11-26)21-38-28-12-8-23(9-13-28)29-25(20-35(33-29)27-4-2-1-3-5-27)18-24(19-32)30(36)34-14-16-37-17-15-34/h1-13,18,20H,14-17,21H2/b24-18+. The molecule has 0 unspecified atom stereocenters. The molecule has 1 aliphatic rings. The number of nitrogens with zero attached hydrogens (tertiary/aromatic N) is 4. The zero-order valence-corrected chi connectivity index (χ0v) is 20.6. The second-order valence-corrected chi connectivity index (χ2v) is 8.73. The van der Waals surface area contributed by atoms with Crippen LogP contribution in [0.25, 0.3) is 23.0 Å². The van der Waals surface area contributed by atoms with Gasteiger partial charge in [0.1, 0.15) is 29.8 Å². The van der Waals surface area contributed by atoms with Crippen LogP contribution in [0.15, 0.2) is 90.6 Å². The maximum absolute atomic E-state index is 13.1. The Morgan fingerprint density at radius 1 is 1.03 bits per heavy atom. The number of ether oxygens (including phenoxy) is 2. The van der Waals surface area contributed by atoms with Crippen molar-refractivity contribution in [2.45, 2.75) is 6.61 Å². The third kappa shape index (κ3) is 5.80. The van der Waals surface area contributed by atoms with Gasteiger partial charge in [-0.1, -0.05) is 30.3 Å². The second kappa shape index (κ2) is 11.5. The number of benzene rings is 3. The predicted molar refractivity (Wildman–Crippen MR) is 141 cm³/mol. The van der Waals surface area contributed by atoms with Crippen molar-refractivity contribution in [2.75, 3.05) is 26.3 Å². The molecule has 7 nitrogen and oxygen atoms in total. The van der Waals surface area contributed by atoms with Crippen LogP contribution >= 0.6 is 0 Å². The van der Waals surface area contributed by atoms with E-state index in [0.717, 1.165) is 16.8 Å². The SMILES string of the molecule is N#C/C(=C\c1cn(-c2ccccc2)nc1-c1ccc(OCc2ccc(F)cc2)cc1)C(=O)N1CCOCC1. The van der Waals surface area contributed by atoms with Crippen LogP contribution in [0.2, 0.25) is 0 Å². The third-order valence-corrected chi connectivity index (χ3v) is 6.16. The average molecular weight is 509 g/mol. The van der Waals surface area contributed by atoms with E-state index in [9.17, 15) is 14.4 Å². The number of aromatic nitrogens is 2.